The van der Waals surface area contributed by atoms with Gasteiger partial charge in [-0.05, 0) is 31.2 Å². The van der Waals surface area contributed by atoms with Crippen LogP contribution in [-0.2, 0) is 16.0 Å². The summed E-state index contributed by atoms with van der Waals surface area (Å²) < 4.78 is 10.5. The number of carbonyl (C=O) groups is 1. The summed E-state index contributed by atoms with van der Waals surface area (Å²) >= 11 is 0. The van der Waals surface area contributed by atoms with Crippen molar-refractivity contribution in [3.8, 4) is 5.88 Å². The van der Waals surface area contributed by atoms with Crippen molar-refractivity contribution in [1.82, 2.24) is 4.98 Å². The van der Waals surface area contributed by atoms with Crippen LogP contribution in [0, 0.1) is 0 Å². The van der Waals surface area contributed by atoms with Crippen LogP contribution in [-0.4, -0.2) is 30.6 Å². The predicted octanol–water partition coefficient (Wildman–Crippen LogP) is 2.55. The first-order valence-electron chi connectivity index (χ1n) is 6.90. The number of aromatic nitrogens is 1. The van der Waals surface area contributed by atoms with E-state index in [4.69, 9.17) is 9.47 Å². The van der Waals surface area contributed by atoms with E-state index in [0.29, 0.717) is 24.8 Å². The fourth-order valence-electron chi connectivity index (χ4n) is 2.35. The maximum Gasteiger partial charge on any atom is 0.212 e. The molecule has 2 heterocycles. The number of carbonyl (C=O) groups excluding carboxylic acids is 1. The Bertz CT molecular complexity index is 396. The van der Waals surface area contributed by atoms with Gasteiger partial charge in [-0.25, -0.2) is 4.98 Å². The first-order chi connectivity index (χ1) is 9.28. The Kier molecular flexibility index (Phi) is 5.33. The number of ketones is 1. The molecule has 1 aliphatic heterocycles. The minimum absolute atomic E-state index is 0.268. The third kappa shape index (κ3) is 4.63. The Morgan fingerprint density at radius 2 is 2.42 bits per heavy atom. The van der Waals surface area contributed by atoms with Crippen LogP contribution in [0.4, 0.5) is 0 Å². The molecular formula is C15H21NO3. The molecule has 104 valence electrons. The normalized spacial score (nSPS) is 18.5. The van der Waals surface area contributed by atoms with Crippen molar-refractivity contribution < 1.29 is 14.3 Å². The second kappa shape index (κ2) is 7.24. The van der Waals surface area contributed by atoms with E-state index < -0.39 is 0 Å². The SMILES string of the molecule is COc1ccc(CC(=O)CCCC2CCCO2)cn1. The van der Waals surface area contributed by atoms with Crippen molar-refractivity contribution in [3.05, 3.63) is 23.9 Å². The Labute approximate surface area is 114 Å². The van der Waals surface area contributed by atoms with Crippen LogP contribution in [0.2, 0.25) is 0 Å². The van der Waals surface area contributed by atoms with Crippen LogP contribution < -0.4 is 4.74 Å². The summed E-state index contributed by atoms with van der Waals surface area (Å²) in [5.41, 5.74) is 0.947. The van der Waals surface area contributed by atoms with Crippen LogP contribution in [0.15, 0.2) is 18.3 Å². The zero-order valence-electron chi connectivity index (χ0n) is 11.4. The molecule has 1 saturated heterocycles. The van der Waals surface area contributed by atoms with E-state index >= 15 is 0 Å². The third-order valence-electron chi connectivity index (χ3n) is 3.41. The highest BCUT2D eigenvalue weighted by Crippen LogP contribution is 2.18. The summed E-state index contributed by atoms with van der Waals surface area (Å²) in [6, 6.07) is 3.68. The van der Waals surface area contributed by atoms with E-state index in [1.807, 2.05) is 6.07 Å². The van der Waals surface area contributed by atoms with Crippen molar-refractivity contribution in [1.29, 1.82) is 0 Å². The maximum atomic E-state index is 11.8. The number of hydrogen-bond donors (Lipinski definition) is 0. The van der Waals surface area contributed by atoms with E-state index in [9.17, 15) is 4.79 Å². The summed E-state index contributed by atoms with van der Waals surface area (Å²) in [4.78, 5) is 15.9. The molecule has 2 rings (SSSR count). The van der Waals surface area contributed by atoms with Crippen molar-refractivity contribution in [3.63, 3.8) is 0 Å². The number of nitrogens with zero attached hydrogens (tertiary/aromatic N) is 1. The number of hydrogen-bond acceptors (Lipinski definition) is 4. The van der Waals surface area contributed by atoms with Crippen molar-refractivity contribution in [2.75, 3.05) is 13.7 Å². The lowest BCUT2D eigenvalue weighted by Gasteiger charge is -2.08. The molecule has 0 saturated carbocycles. The number of ether oxygens (including phenoxy) is 2. The van der Waals surface area contributed by atoms with Gasteiger partial charge < -0.3 is 9.47 Å². The first-order valence-corrected chi connectivity index (χ1v) is 6.90. The highest BCUT2D eigenvalue weighted by molar-refractivity contribution is 5.80. The van der Waals surface area contributed by atoms with Gasteiger partial charge in [0.15, 0.2) is 0 Å². The van der Waals surface area contributed by atoms with Crippen molar-refractivity contribution >= 4 is 5.78 Å². The van der Waals surface area contributed by atoms with E-state index in [0.717, 1.165) is 37.9 Å². The van der Waals surface area contributed by atoms with Crippen LogP contribution in [0.25, 0.3) is 0 Å². The van der Waals surface area contributed by atoms with Crippen LogP contribution >= 0.6 is 0 Å². The average Bonchev–Trinajstić information content (AvgIpc) is 2.93. The summed E-state index contributed by atoms with van der Waals surface area (Å²) in [5.74, 6) is 0.847. The van der Waals surface area contributed by atoms with Crippen molar-refractivity contribution in [2.45, 2.75) is 44.6 Å². The average molecular weight is 263 g/mol. The van der Waals surface area contributed by atoms with Gasteiger partial charge in [-0.3, -0.25) is 4.79 Å². The molecule has 0 aliphatic carbocycles. The fraction of sp³-hybridized carbons (Fsp3) is 0.600. The highest BCUT2D eigenvalue weighted by Gasteiger charge is 2.15. The topological polar surface area (TPSA) is 48.4 Å². The maximum absolute atomic E-state index is 11.8. The molecule has 0 radical (unpaired) electrons. The summed E-state index contributed by atoms with van der Waals surface area (Å²) in [7, 11) is 1.58. The number of methoxy groups -OCH3 is 1. The van der Waals surface area contributed by atoms with Gasteiger partial charge >= 0.3 is 0 Å². The van der Waals surface area contributed by atoms with Crippen LogP contribution in [0.5, 0.6) is 5.88 Å². The molecule has 0 amide bonds. The molecule has 0 aromatic carbocycles. The highest BCUT2D eigenvalue weighted by atomic mass is 16.5. The lowest BCUT2D eigenvalue weighted by Crippen LogP contribution is -2.08. The Hall–Kier alpha value is -1.42. The second-order valence-electron chi connectivity index (χ2n) is 4.95. The van der Waals surface area contributed by atoms with Crippen LogP contribution in [0.3, 0.4) is 0 Å². The minimum atomic E-state index is 0.268. The molecule has 1 fully saturated rings. The molecule has 1 aromatic heterocycles. The van der Waals surface area contributed by atoms with Gasteiger partial charge in [0.2, 0.25) is 5.88 Å². The quantitative estimate of drug-likeness (QED) is 0.758. The molecule has 0 N–H and O–H groups in total. The molecule has 1 aliphatic rings. The zero-order chi connectivity index (χ0) is 13.5. The fourth-order valence-corrected chi connectivity index (χ4v) is 2.35. The van der Waals surface area contributed by atoms with Gasteiger partial charge in [0.1, 0.15) is 5.78 Å². The Morgan fingerprint density at radius 3 is 3.05 bits per heavy atom. The van der Waals surface area contributed by atoms with Crippen molar-refractivity contribution in [2.24, 2.45) is 0 Å². The molecule has 0 bridgehead atoms. The number of rotatable bonds is 7. The molecule has 4 nitrogen and oxygen atoms in total. The molecule has 1 aromatic rings. The molecule has 19 heavy (non-hydrogen) atoms. The smallest absolute Gasteiger partial charge is 0.212 e. The van der Waals surface area contributed by atoms with Gasteiger partial charge in [-0.15, -0.1) is 0 Å². The van der Waals surface area contributed by atoms with E-state index in [-0.39, 0.29) is 5.78 Å². The second-order valence-corrected chi connectivity index (χ2v) is 4.95. The molecular weight excluding hydrogens is 242 g/mol. The zero-order valence-corrected chi connectivity index (χ0v) is 11.4. The monoisotopic (exact) mass is 263 g/mol. The lowest BCUT2D eigenvalue weighted by molar-refractivity contribution is -0.118. The van der Waals surface area contributed by atoms with E-state index in [1.54, 1.807) is 19.4 Å². The van der Waals surface area contributed by atoms with Gasteiger partial charge in [0.05, 0.1) is 13.2 Å². The third-order valence-corrected chi connectivity index (χ3v) is 3.41. The lowest BCUT2D eigenvalue weighted by atomic mass is 10.0. The summed E-state index contributed by atoms with van der Waals surface area (Å²) in [6.07, 6.45) is 7.42. The standard InChI is InChI=1S/C15H21NO3/c1-18-15-8-7-12(11-16-15)10-13(17)4-2-5-14-6-3-9-19-14/h7-8,11,14H,2-6,9-10H2,1H3. The van der Waals surface area contributed by atoms with E-state index in [1.165, 1.54) is 0 Å². The van der Waals surface area contributed by atoms with Gasteiger partial charge in [0.25, 0.3) is 0 Å². The summed E-state index contributed by atoms with van der Waals surface area (Å²) in [5, 5.41) is 0. The first kappa shape index (κ1) is 14.0. The number of pyridine rings is 1. The minimum Gasteiger partial charge on any atom is -0.481 e. The van der Waals surface area contributed by atoms with Gasteiger partial charge in [-0.2, -0.15) is 0 Å². The predicted molar refractivity (Wildman–Crippen MR) is 72.3 cm³/mol. The van der Waals surface area contributed by atoms with Crippen LogP contribution in [0.1, 0.15) is 37.7 Å². The van der Waals surface area contributed by atoms with E-state index in [2.05, 4.69) is 4.98 Å². The molecule has 1 atom stereocenters. The molecule has 1 unspecified atom stereocenters. The number of Topliss-reactive ketones (excluding diaryl/α,β-unsaturated/α-hetero) is 1. The summed E-state index contributed by atoms with van der Waals surface area (Å²) in [6.45, 7) is 0.885. The molecule has 4 heteroatoms. The Balaban J connectivity index is 1.68. The van der Waals surface area contributed by atoms with Gasteiger partial charge in [-0.1, -0.05) is 6.07 Å². The molecule has 0 spiro atoms. The van der Waals surface area contributed by atoms with Gasteiger partial charge in [0, 0.05) is 31.7 Å². The largest absolute Gasteiger partial charge is 0.481 e. The Morgan fingerprint density at radius 1 is 1.53 bits per heavy atom.